The summed E-state index contributed by atoms with van der Waals surface area (Å²) in [7, 11) is 0. The minimum absolute atomic E-state index is 0.177. The Bertz CT molecular complexity index is 1100. The van der Waals surface area contributed by atoms with Gasteiger partial charge in [0.2, 0.25) is 0 Å². The average molecular weight is 391 g/mol. The van der Waals surface area contributed by atoms with E-state index in [9.17, 15) is 9.18 Å². The van der Waals surface area contributed by atoms with E-state index in [0.29, 0.717) is 22.1 Å². The van der Waals surface area contributed by atoms with Gasteiger partial charge >= 0.3 is 0 Å². The van der Waals surface area contributed by atoms with Gasteiger partial charge in [-0.15, -0.1) is 0 Å². The van der Waals surface area contributed by atoms with Crippen molar-refractivity contribution in [2.24, 2.45) is 4.99 Å². The lowest BCUT2D eigenvalue weighted by Gasteiger charge is -2.18. The molecule has 1 aliphatic rings. The minimum Gasteiger partial charge on any atom is -0.266 e. The fourth-order valence-electron chi connectivity index (χ4n) is 2.98. The van der Waals surface area contributed by atoms with Gasteiger partial charge in [0, 0.05) is 16.1 Å². The van der Waals surface area contributed by atoms with E-state index in [2.05, 4.69) is 4.99 Å². The summed E-state index contributed by atoms with van der Waals surface area (Å²) in [6, 6.07) is 21.0. The molecule has 3 aromatic carbocycles. The molecule has 1 amide bonds. The zero-order valence-electron chi connectivity index (χ0n) is 15.1. The molecule has 1 aliphatic heterocycles. The summed E-state index contributed by atoms with van der Waals surface area (Å²) < 4.78 is 14.1. The molecule has 0 unspecified atom stereocenters. The molecule has 0 aromatic heterocycles. The topological polar surface area (TPSA) is 32.7 Å². The number of benzene rings is 3. The van der Waals surface area contributed by atoms with Gasteiger partial charge in [-0.1, -0.05) is 47.5 Å². The summed E-state index contributed by atoms with van der Waals surface area (Å²) in [5.41, 5.74) is 3.02. The summed E-state index contributed by atoms with van der Waals surface area (Å²) in [5.74, 6) is -0.231. The first-order valence-electron chi connectivity index (χ1n) is 8.75. The summed E-state index contributed by atoms with van der Waals surface area (Å²) in [6.07, 6.45) is 1.47. The van der Waals surface area contributed by atoms with E-state index in [-0.39, 0.29) is 11.6 Å². The van der Waals surface area contributed by atoms with Crippen LogP contribution in [-0.2, 0) is 4.79 Å². The molecule has 0 radical (unpaired) electrons. The van der Waals surface area contributed by atoms with Gasteiger partial charge in [-0.2, -0.15) is 0 Å². The molecule has 138 valence electrons. The highest BCUT2D eigenvalue weighted by Crippen LogP contribution is 2.29. The number of aliphatic imine (C=N–C) groups is 1. The summed E-state index contributed by atoms with van der Waals surface area (Å²) in [6.45, 7) is 1.98. The number of hydrogen-bond acceptors (Lipinski definition) is 2. The van der Waals surface area contributed by atoms with Gasteiger partial charge in [0.05, 0.1) is 5.69 Å². The van der Waals surface area contributed by atoms with Crippen molar-refractivity contribution in [3.8, 4) is 0 Å². The SMILES string of the molecule is Cc1ccc(N2C(=O)/C(=C\c3ccccc3F)N=C2c2ccc(Cl)cc2)cc1. The van der Waals surface area contributed by atoms with Crippen LogP contribution in [0.3, 0.4) is 0 Å². The Hall–Kier alpha value is -3.24. The Morgan fingerprint density at radius 3 is 2.32 bits per heavy atom. The number of amides is 1. The van der Waals surface area contributed by atoms with Gasteiger partial charge in [-0.3, -0.25) is 9.69 Å². The van der Waals surface area contributed by atoms with Crippen LogP contribution in [0.1, 0.15) is 16.7 Å². The maximum absolute atomic E-state index is 14.1. The normalized spacial score (nSPS) is 15.2. The van der Waals surface area contributed by atoms with Gasteiger partial charge in [0.15, 0.2) is 0 Å². The average Bonchev–Trinajstić information content (AvgIpc) is 3.01. The van der Waals surface area contributed by atoms with Crippen molar-refractivity contribution in [1.29, 1.82) is 0 Å². The van der Waals surface area contributed by atoms with E-state index in [1.54, 1.807) is 30.3 Å². The van der Waals surface area contributed by atoms with E-state index in [4.69, 9.17) is 11.6 Å². The van der Waals surface area contributed by atoms with Crippen molar-refractivity contribution in [2.45, 2.75) is 6.92 Å². The number of anilines is 1. The molecule has 0 bridgehead atoms. The van der Waals surface area contributed by atoms with Crippen LogP contribution in [0.15, 0.2) is 83.5 Å². The number of nitrogens with zero attached hydrogens (tertiary/aromatic N) is 2. The quantitative estimate of drug-likeness (QED) is 0.534. The largest absolute Gasteiger partial charge is 0.282 e. The van der Waals surface area contributed by atoms with Gasteiger partial charge in [0.25, 0.3) is 5.91 Å². The van der Waals surface area contributed by atoms with Gasteiger partial charge in [-0.25, -0.2) is 9.38 Å². The van der Waals surface area contributed by atoms with E-state index in [1.807, 2.05) is 43.3 Å². The molecule has 0 spiro atoms. The van der Waals surface area contributed by atoms with E-state index < -0.39 is 5.82 Å². The van der Waals surface area contributed by atoms with Crippen LogP contribution in [0, 0.1) is 12.7 Å². The lowest BCUT2D eigenvalue weighted by Crippen LogP contribution is -2.32. The second-order valence-electron chi connectivity index (χ2n) is 6.47. The van der Waals surface area contributed by atoms with Crippen molar-refractivity contribution in [3.63, 3.8) is 0 Å². The summed E-state index contributed by atoms with van der Waals surface area (Å²) >= 11 is 6.00. The van der Waals surface area contributed by atoms with E-state index in [1.165, 1.54) is 17.0 Å². The van der Waals surface area contributed by atoms with Crippen LogP contribution < -0.4 is 4.90 Å². The summed E-state index contributed by atoms with van der Waals surface area (Å²) in [4.78, 5) is 19.2. The Labute approximate surface area is 167 Å². The molecule has 0 aliphatic carbocycles. The molecule has 0 saturated carbocycles. The lowest BCUT2D eigenvalue weighted by molar-refractivity contribution is -0.113. The number of carbonyl (C=O) groups excluding carboxylic acids is 1. The monoisotopic (exact) mass is 390 g/mol. The number of amidine groups is 1. The number of rotatable bonds is 3. The van der Waals surface area contributed by atoms with Gasteiger partial charge in [-0.05, 0) is 55.5 Å². The number of halogens is 2. The van der Waals surface area contributed by atoms with Gasteiger partial charge in [0.1, 0.15) is 17.3 Å². The molecule has 0 saturated heterocycles. The number of carbonyl (C=O) groups is 1. The molecule has 0 fully saturated rings. The molecule has 1 heterocycles. The predicted octanol–water partition coefficient (Wildman–Crippen LogP) is 5.62. The Balaban J connectivity index is 1.84. The molecule has 5 heteroatoms. The third-order valence-electron chi connectivity index (χ3n) is 4.45. The first kappa shape index (κ1) is 18.1. The minimum atomic E-state index is -0.403. The van der Waals surface area contributed by atoms with Crippen LogP contribution >= 0.6 is 11.6 Å². The van der Waals surface area contributed by atoms with Crippen molar-refractivity contribution >= 4 is 35.1 Å². The molecule has 3 nitrogen and oxygen atoms in total. The van der Waals surface area contributed by atoms with Crippen LogP contribution in [0.25, 0.3) is 6.08 Å². The van der Waals surface area contributed by atoms with Gasteiger partial charge < -0.3 is 0 Å². The van der Waals surface area contributed by atoms with Crippen molar-refractivity contribution in [3.05, 3.63) is 106 Å². The first-order valence-corrected chi connectivity index (χ1v) is 9.13. The third-order valence-corrected chi connectivity index (χ3v) is 4.70. The Morgan fingerprint density at radius 2 is 1.64 bits per heavy atom. The number of hydrogen-bond donors (Lipinski definition) is 0. The molecule has 3 aromatic rings. The molecular weight excluding hydrogens is 375 g/mol. The molecule has 0 N–H and O–H groups in total. The highest BCUT2D eigenvalue weighted by atomic mass is 35.5. The third kappa shape index (κ3) is 3.47. The fourth-order valence-corrected chi connectivity index (χ4v) is 3.11. The lowest BCUT2D eigenvalue weighted by atomic mass is 10.1. The summed E-state index contributed by atoms with van der Waals surface area (Å²) in [5, 5.41) is 0.595. The second kappa shape index (κ2) is 7.41. The second-order valence-corrected chi connectivity index (χ2v) is 6.91. The van der Waals surface area contributed by atoms with E-state index in [0.717, 1.165) is 11.1 Å². The van der Waals surface area contributed by atoms with Crippen LogP contribution in [0.5, 0.6) is 0 Å². The Kier molecular flexibility index (Phi) is 4.80. The number of aryl methyl sites for hydroxylation is 1. The predicted molar refractivity (Wildman–Crippen MR) is 111 cm³/mol. The zero-order valence-corrected chi connectivity index (χ0v) is 15.8. The molecule has 4 rings (SSSR count). The molecule has 28 heavy (non-hydrogen) atoms. The van der Waals surface area contributed by atoms with Crippen molar-refractivity contribution in [2.75, 3.05) is 4.90 Å². The van der Waals surface area contributed by atoms with Crippen molar-refractivity contribution < 1.29 is 9.18 Å². The molecule has 0 atom stereocenters. The first-order chi connectivity index (χ1) is 13.5. The standard InChI is InChI=1S/C23H16ClFN2O/c1-15-6-12-19(13-7-15)27-22(16-8-10-18(24)11-9-16)26-21(23(27)28)14-17-4-2-3-5-20(17)25/h2-14H,1H3/b21-14+. The van der Waals surface area contributed by atoms with Crippen LogP contribution in [0.4, 0.5) is 10.1 Å². The maximum Gasteiger partial charge on any atom is 0.282 e. The highest BCUT2D eigenvalue weighted by molar-refractivity contribution is 6.34. The van der Waals surface area contributed by atoms with E-state index >= 15 is 0 Å². The maximum atomic E-state index is 14.1. The van der Waals surface area contributed by atoms with Crippen molar-refractivity contribution in [1.82, 2.24) is 0 Å². The highest BCUT2D eigenvalue weighted by Gasteiger charge is 2.32. The fraction of sp³-hybridized carbons (Fsp3) is 0.0435. The molecular formula is C23H16ClFN2O. The van der Waals surface area contributed by atoms with Crippen LogP contribution in [-0.4, -0.2) is 11.7 Å². The zero-order chi connectivity index (χ0) is 19.7. The smallest absolute Gasteiger partial charge is 0.266 e. The Morgan fingerprint density at radius 1 is 0.964 bits per heavy atom. The van der Waals surface area contributed by atoms with Crippen LogP contribution in [0.2, 0.25) is 5.02 Å².